The maximum Gasteiger partial charge on any atom is 0.143 e. The van der Waals surface area contributed by atoms with Crippen molar-refractivity contribution in [2.75, 3.05) is 25.0 Å². The summed E-state index contributed by atoms with van der Waals surface area (Å²) in [5, 5.41) is 15.7. The molecule has 224 valence electrons. The lowest BCUT2D eigenvalue weighted by Gasteiger charge is -2.36. The van der Waals surface area contributed by atoms with Gasteiger partial charge in [0, 0.05) is 63.7 Å². The highest BCUT2D eigenvalue weighted by Crippen LogP contribution is 2.35. The summed E-state index contributed by atoms with van der Waals surface area (Å²) in [6, 6.07) is 10.2. The SMILES string of the molecule is C=C(Nc1ccc2[nH]nc(-c3ccnc(C)c3)c2c1)C(C)(CC)CN(CC)CC(C)=O.c1csc(C2CCCCC2)n1. The molecule has 1 unspecified atom stereocenters. The van der Waals surface area contributed by atoms with Crippen LogP contribution in [0.5, 0.6) is 0 Å². The van der Waals surface area contributed by atoms with E-state index in [1.54, 1.807) is 6.92 Å². The molecule has 2 N–H and O–H groups in total. The van der Waals surface area contributed by atoms with E-state index in [1.807, 2.05) is 54.9 Å². The summed E-state index contributed by atoms with van der Waals surface area (Å²) in [6.07, 6.45) is 11.6. The molecule has 3 aromatic heterocycles. The number of likely N-dealkylation sites (N-methyl/N-ethyl adjacent to an activating group) is 1. The van der Waals surface area contributed by atoms with Crippen LogP contribution in [-0.4, -0.2) is 50.5 Å². The minimum atomic E-state index is -0.165. The minimum absolute atomic E-state index is 0.165. The molecule has 1 saturated carbocycles. The summed E-state index contributed by atoms with van der Waals surface area (Å²) in [4.78, 5) is 22.4. The number of carbonyl (C=O) groups is 1. The molecule has 0 radical (unpaired) electrons. The molecule has 0 spiro atoms. The van der Waals surface area contributed by atoms with Crippen LogP contribution in [0.25, 0.3) is 22.2 Å². The lowest BCUT2D eigenvalue weighted by atomic mass is 9.83. The van der Waals surface area contributed by atoms with Crippen molar-refractivity contribution in [3.63, 3.8) is 0 Å². The Morgan fingerprint density at radius 3 is 2.57 bits per heavy atom. The summed E-state index contributed by atoms with van der Waals surface area (Å²) in [5.41, 5.74) is 5.64. The normalized spacial score (nSPS) is 15.2. The molecule has 1 atom stereocenters. The number of rotatable bonds is 11. The van der Waals surface area contributed by atoms with Crippen molar-refractivity contribution >= 4 is 33.7 Å². The van der Waals surface area contributed by atoms with E-state index in [0.29, 0.717) is 6.54 Å². The van der Waals surface area contributed by atoms with Gasteiger partial charge >= 0.3 is 0 Å². The molecule has 1 aromatic carbocycles. The molecule has 42 heavy (non-hydrogen) atoms. The Balaban J connectivity index is 0.000000305. The third kappa shape index (κ3) is 8.13. The van der Waals surface area contributed by atoms with Gasteiger partial charge in [-0.3, -0.25) is 19.8 Å². The lowest BCUT2D eigenvalue weighted by Crippen LogP contribution is -2.40. The van der Waals surface area contributed by atoms with Crippen LogP contribution in [0, 0.1) is 12.3 Å². The maximum atomic E-state index is 11.6. The van der Waals surface area contributed by atoms with Crippen molar-refractivity contribution in [1.29, 1.82) is 0 Å². The summed E-state index contributed by atoms with van der Waals surface area (Å²) in [7, 11) is 0. The molecule has 5 rings (SSSR count). The maximum absolute atomic E-state index is 11.6. The second-order valence-corrected chi connectivity index (χ2v) is 12.7. The van der Waals surface area contributed by atoms with Crippen LogP contribution in [0.15, 0.2) is 60.4 Å². The number of anilines is 1. The molecule has 1 aliphatic carbocycles. The first-order valence-corrected chi connectivity index (χ1v) is 16.1. The van der Waals surface area contributed by atoms with E-state index in [2.05, 4.69) is 69.2 Å². The van der Waals surface area contributed by atoms with Gasteiger partial charge in [-0.25, -0.2) is 4.98 Å². The Kier molecular flexibility index (Phi) is 11.0. The summed E-state index contributed by atoms with van der Waals surface area (Å²) in [6.45, 7) is 16.5. The Morgan fingerprint density at radius 1 is 1.14 bits per heavy atom. The third-order valence-corrected chi connectivity index (χ3v) is 9.35. The van der Waals surface area contributed by atoms with Crippen LogP contribution >= 0.6 is 11.3 Å². The number of carbonyl (C=O) groups excluding carboxylic acids is 1. The number of nitrogens with one attached hydrogen (secondary N) is 2. The van der Waals surface area contributed by atoms with Crippen LogP contribution in [0.4, 0.5) is 5.69 Å². The highest BCUT2D eigenvalue weighted by atomic mass is 32.1. The van der Waals surface area contributed by atoms with Crippen LogP contribution in [0.3, 0.4) is 0 Å². The van der Waals surface area contributed by atoms with Gasteiger partial charge in [-0.2, -0.15) is 5.10 Å². The Bertz CT molecular complexity index is 1460. The van der Waals surface area contributed by atoms with E-state index in [1.165, 1.54) is 37.1 Å². The molecule has 1 fully saturated rings. The number of H-pyrrole nitrogens is 1. The fourth-order valence-electron chi connectivity index (χ4n) is 5.62. The third-order valence-electron chi connectivity index (χ3n) is 8.41. The average molecular weight is 587 g/mol. The van der Waals surface area contributed by atoms with Gasteiger partial charge in [0.15, 0.2) is 0 Å². The molecule has 1 aliphatic rings. The van der Waals surface area contributed by atoms with Crippen molar-refractivity contribution in [2.45, 2.75) is 79.1 Å². The summed E-state index contributed by atoms with van der Waals surface area (Å²) >= 11 is 1.82. The summed E-state index contributed by atoms with van der Waals surface area (Å²) in [5.74, 6) is 0.979. The van der Waals surface area contributed by atoms with Crippen molar-refractivity contribution in [3.8, 4) is 11.3 Å². The second kappa shape index (κ2) is 14.7. The topological polar surface area (TPSA) is 86.8 Å². The zero-order chi connectivity index (χ0) is 30.1. The number of hydrogen-bond acceptors (Lipinski definition) is 7. The van der Waals surface area contributed by atoms with E-state index < -0.39 is 0 Å². The number of ketones is 1. The average Bonchev–Trinajstić information content (AvgIpc) is 3.68. The van der Waals surface area contributed by atoms with Gasteiger partial charge in [0.1, 0.15) is 11.5 Å². The van der Waals surface area contributed by atoms with Crippen molar-refractivity contribution in [1.82, 2.24) is 25.1 Å². The van der Waals surface area contributed by atoms with E-state index >= 15 is 0 Å². The van der Waals surface area contributed by atoms with E-state index in [0.717, 1.165) is 64.7 Å². The molecule has 0 saturated heterocycles. The standard InChI is InChI=1S/C25H33N5O.C9H13NS/c1-7-25(6,16-30(8-2)15-18(4)31)19(5)27-21-9-10-23-22(14-21)24(29-28-23)20-11-12-26-17(3)13-20;1-2-4-8(5-3-1)9-10-6-7-11-9/h9-14,27H,5,7-8,15-16H2,1-4,6H3,(H,28,29);6-8H,1-5H2. The number of fused-ring (bicyclic) bond motifs is 1. The number of thiazole rings is 1. The number of hydrogen-bond donors (Lipinski definition) is 2. The quantitative estimate of drug-likeness (QED) is 0.184. The first-order valence-electron chi connectivity index (χ1n) is 15.2. The number of aryl methyl sites for hydroxylation is 1. The molecule has 0 aliphatic heterocycles. The number of aromatic amines is 1. The van der Waals surface area contributed by atoms with Crippen molar-refractivity contribution < 1.29 is 4.79 Å². The van der Waals surface area contributed by atoms with Gasteiger partial charge in [0.2, 0.25) is 0 Å². The molecular formula is C34H46N6OS. The van der Waals surface area contributed by atoms with Crippen LogP contribution in [0.2, 0.25) is 0 Å². The Hall–Kier alpha value is -3.36. The lowest BCUT2D eigenvalue weighted by molar-refractivity contribution is -0.118. The predicted octanol–water partition coefficient (Wildman–Crippen LogP) is 8.38. The minimum Gasteiger partial charge on any atom is -0.359 e. The van der Waals surface area contributed by atoms with Crippen LogP contribution in [-0.2, 0) is 4.79 Å². The zero-order valence-corrected chi connectivity index (χ0v) is 26.7. The van der Waals surface area contributed by atoms with E-state index in [4.69, 9.17) is 0 Å². The predicted molar refractivity (Wildman–Crippen MR) is 176 cm³/mol. The van der Waals surface area contributed by atoms with Gasteiger partial charge in [-0.05, 0) is 70.0 Å². The smallest absolute Gasteiger partial charge is 0.143 e. The fraction of sp³-hybridized carbons (Fsp3) is 0.471. The molecule has 0 amide bonds. The number of aromatic nitrogens is 4. The van der Waals surface area contributed by atoms with Crippen molar-refractivity contribution in [3.05, 3.63) is 71.1 Å². The highest BCUT2D eigenvalue weighted by Gasteiger charge is 2.29. The largest absolute Gasteiger partial charge is 0.359 e. The van der Waals surface area contributed by atoms with E-state index in [-0.39, 0.29) is 11.2 Å². The molecule has 7 nitrogen and oxygen atoms in total. The van der Waals surface area contributed by atoms with Crippen LogP contribution < -0.4 is 5.32 Å². The molecule has 3 heterocycles. The molecule has 0 bridgehead atoms. The number of benzene rings is 1. The molecule has 4 aromatic rings. The Labute approximate surface area is 254 Å². The summed E-state index contributed by atoms with van der Waals surface area (Å²) < 4.78 is 0. The highest BCUT2D eigenvalue weighted by molar-refractivity contribution is 7.09. The van der Waals surface area contributed by atoms with E-state index in [9.17, 15) is 4.79 Å². The first kappa shape index (κ1) is 31.6. The van der Waals surface area contributed by atoms with Gasteiger partial charge in [-0.15, -0.1) is 11.3 Å². The van der Waals surface area contributed by atoms with Gasteiger partial charge in [-0.1, -0.05) is 46.6 Å². The first-order chi connectivity index (χ1) is 20.2. The van der Waals surface area contributed by atoms with Gasteiger partial charge < -0.3 is 5.32 Å². The van der Waals surface area contributed by atoms with Gasteiger partial charge in [0.05, 0.1) is 17.1 Å². The number of nitrogens with zero attached hydrogens (tertiary/aromatic N) is 4. The number of Topliss-reactive ketones (excluding diaryl/α,β-unsaturated/α-hetero) is 1. The second-order valence-electron chi connectivity index (χ2n) is 11.7. The fourth-order valence-corrected chi connectivity index (χ4v) is 6.43. The van der Waals surface area contributed by atoms with Gasteiger partial charge in [0.25, 0.3) is 0 Å². The Morgan fingerprint density at radius 2 is 1.93 bits per heavy atom. The number of pyridine rings is 1. The molecular weight excluding hydrogens is 540 g/mol. The van der Waals surface area contributed by atoms with Crippen molar-refractivity contribution in [2.24, 2.45) is 5.41 Å². The molecule has 8 heteroatoms. The monoisotopic (exact) mass is 586 g/mol. The van der Waals surface area contributed by atoms with Crippen LogP contribution in [0.1, 0.15) is 82.8 Å². The zero-order valence-electron chi connectivity index (χ0n) is 25.9.